The minimum absolute atomic E-state index is 0.189. The van der Waals surface area contributed by atoms with Gasteiger partial charge in [-0.25, -0.2) is 14.5 Å². The van der Waals surface area contributed by atoms with Gasteiger partial charge >= 0.3 is 5.97 Å². The van der Waals surface area contributed by atoms with Gasteiger partial charge < -0.3 is 14.4 Å². The summed E-state index contributed by atoms with van der Waals surface area (Å²) in [6.45, 7) is 2.14. The van der Waals surface area contributed by atoms with Gasteiger partial charge in [-0.3, -0.25) is 4.79 Å². The first-order chi connectivity index (χ1) is 14.1. The second-order valence-electron chi connectivity index (χ2n) is 6.24. The Balaban J connectivity index is 1.55. The maximum atomic E-state index is 12.3. The molecule has 0 saturated heterocycles. The van der Waals surface area contributed by atoms with E-state index in [4.69, 9.17) is 9.47 Å². The number of aromatic nitrogens is 3. The molecule has 0 aliphatic heterocycles. The van der Waals surface area contributed by atoms with Crippen LogP contribution in [0, 0.1) is 0 Å². The fourth-order valence-corrected chi connectivity index (χ4v) is 2.64. The molecule has 1 amide bonds. The molecule has 0 spiro atoms. The summed E-state index contributed by atoms with van der Waals surface area (Å²) in [5.41, 5.74) is 1.99. The van der Waals surface area contributed by atoms with Gasteiger partial charge in [-0.15, -0.1) is 0 Å². The summed E-state index contributed by atoms with van der Waals surface area (Å²) in [6, 6.07) is 12.8. The molecule has 1 aromatic carbocycles. The highest BCUT2D eigenvalue weighted by Crippen LogP contribution is 2.15. The average molecular weight is 394 g/mol. The van der Waals surface area contributed by atoms with Crippen molar-refractivity contribution in [1.29, 1.82) is 0 Å². The fourth-order valence-electron chi connectivity index (χ4n) is 2.64. The molecular weight excluding hydrogens is 372 g/mol. The third-order valence-electron chi connectivity index (χ3n) is 4.10. The lowest BCUT2D eigenvalue weighted by atomic mass is 10.3. The summed E-state index contributed by atoms with van der Waals surface area (Å²) in [6.07, 6.45) is 5.08. The molecular formula is C21H22N4O4. The Labute approximate surface area is 168 Å². The van der Waals surface area contributed by atoms with Crippen LogP contribution in [0.5, 0.6) is 5.88 Å². The molecule has 0 saturated carbocycles. The number of ether oxygens (including phenoxy) is 2. The highest BCUT2D eigenvalue weighted by atomic mass is 16.5. The number of nitrogens with zero attached hydrogens (tertiary/aromatic N) is 4. The van der Waals surface area contributed by atoms with Crippen LogP contribution in [0.25, 0.3) is 5.69 Å². The van der Waals surface area contributed by atoms with E-state index in [9.17, 15) is 9.59 Å². The smallest absolute Gasteiger partial charge is 0.344 e. The summed E-state index contributed by atoms with van der Waals surface area (Å²) in [4.78, 5) is 30.1. The zero-order valence-corrected chi connectivity index (χ0v) is 16.3. The molecule has 0 atom stereocenters. The minimum Gasteiger partial charge on any atom is -0.477 e. The summed E-state index contributed by atoms with van der Waals surface area (Å²) >= 11 is 0. The van der Waals surface area contributed by atoms with Crippen LogP contribution in [0.4, 0.5) is 0 Å². The molecule has 0 bridgehead atoms. The Morgan fingerprint density at radius 2 is 1.93 bits per heavy atom. The van der Waals surface area contributed by atoms with Gasteiger partial charge in [0.2, 0.25) is 5.88 Å². The van der Waals surface area contributed by atoms with Gasteiger partial charge in [0.15, 0.2) is 6.61 Å². The lowest BCUT2D eigenvalue weighted by molar-refractivity contribution is -0.133. The third-order valence-corrected chi connectivity index (χ3v) is 4.10. The van der Waals surface area contributed by atoms with Crippen molar-refractivity contribution in [2.75, 3.05) is 20.3 Å². The molecule has 8 heteroatoms. The molecule has 8 nitrogen and oxygen atoms in total. The SMILES string of the molecule is CCOc1ncccc1C(=O)OCC(=O)N(C)Cc1cnn(-c2ccccc2)c1. The summed E-state index contributed by atoms with van der Waals surface area (Å²) in [7, 11) is 1.64. The second-order valence-corrected chi connectivity index (χ2v) is 6.24. The Kier molecular flexibility index (Phi) is 6.57. The van der Waals surface area contributed by atoms with Gasteiger partial charge in [0.1, 0.15) is 5.56 Å². The number of pyridine rings is 1. The number of rotatable bonds is 8. The summed E-state index contributed by atoms with van der Waals surface area (Å²) < 4.78 is 12.2. The monoisotopic (exact) mass is 394 g/mol. The van der Waals surface area contributed by atoms with E-state index in [1.165, 1.54) is 11.1 Å². The predicted octanol–water partition coefficient (Wildman–Crippen LogP) is 2.48. The topological polar surface area (TPSA) is 86.6 Å². The molecule has 3 rings (SSSR count). The zero-order chi connectivity index (χ0) is 20.6. The summed E-state index contributed by atoms with van der Waals surface area (Å²) in [5, 5.41) is 4.31. The van der Waals surface area contributed by atoms with E-state index in [1.807, 2.05) is 36.5 Å². The van der Waals surface area contributed by atoms with Crippen molar-refractivity contribution >= 4 is 11.9 Å². The Hall–Kier alpha value is -3.68. The van der Waals surface area contributed by atoms with E-state index >= 15 is 0 Å². The van der Waals surface area contributed by atoms with Crippen LogP contribution in [0.3, 0.4) is 0 Å². The number of carbonyl (C=O) groups excluding carboxylic acids is 2. The number of carbonyl (C=O) groups is 2. The van der Waals surface area contributed by atoms with Crippen LogP contribution >= 0.6 is 0 Å². The maximum absolute atomic E-state index is 12.3. The van der Waals surface area contributed by atoms with Gasteiger partial charge in [-0.1, -0.05) is 18.2 Å². The van der Waals surface area contributed by atoms with Crippen molar-refractivity contribution in [1.82, 2.24) is 19.7 Å². The molecule has 0 unspecified atom stereocenters. The Morgan fingerprint density at radius 1 is 1.14 bits per heavy atom. The van der Waals surface area contributed by atoms with Crippen molar-refractivity contribution in [3.8, 4) is 11.6 Å². The van der Waals surface area contributed by atoms with Gasteiger partial charge in [0.05, 0.1) is 18.5 Å². The standard InChI is InChI=1S/C21H22N4O4/c1-3-28-20-18(10-7-11-22-20)21(27)29-15-19(26)24(2)13-16-12-23-25(14-16)17-8-5-4-6-9-17/h4-12,14H,3,13,15H2,1-2H3. The maximum Gasteiger partial charge on any atom is 0.344 e. The van der Waals surface area contributed by atoms with Gasteiger partial charge in [0, 0.05) is 31.5 Å². The van der Waals surface area contributed by atoms with Crippen LogP contribution in [0.15, 0.2) is 61.1 Å². The predicted molar refractivity (Wildman–Crippen MR) is 106 cm³/mol. The first-order valence-corrected chi connectivity index (χ1v) is 9.16. The lowest BCUT2D eigenvalue weighted by Crippen LogP contribution is -2.30. The van der Waals surface area contributed by atoms with Crippen LogP contribution in [0.1, 0.15) is 22.8 Å². The number of amides is 1. The molecule has 0 radical (unpaired) electrons. The first kappa shape index (κ1) is 20.1. The van der Waals surface area contributed by atoms with E-state index < -0.39 is 5.97 Å². The van der Waals surface area contributed by atoms with Crippen molar-refractivity contribution in [2.45, 2.75) is 13.5 Å². The Morgan fingerprint density at radius 3 is 2.69 bits per heavy atom. The zero-order valence-electron chi connectivity index (χ0n) is 16.3. The summed E-state index contributed by atoms with van der Waals surface area (Å²) in [5.74, 6) is -0.790. The number of para-hydroxylation sites is 1. The molecule has 2 aromatic heterocycles. The first-order valence-electron chi connectivity index (χ1n) is 9.16. The molecule has 0 N–H and O–H groups in total. The number of hydrogen-bond acceptors (Lipinski definition) is 6. The van der Waals surface area contributed by atoms with E-state index in [-0.39, 0.29) is 24.0 Å². The van der Waals surface area contributed by atoms with E-state index in [1.54, 1.807) is 37.0 Å². The van der Waals surface area contributed by atoms with Crippen LogP contribution in [0.2, 0.25) is 0 Å². The minimum atomic E-state index is -0.653. The highest BCUT2D eigenvalue weighted by Gasteiger charge is 2.18. The molecule has 29 heavy (non-hydrogen) atoms. The van der Waals surface area contributed by atoms with Crippen LogP contribution in [-0.2, 0) is 16.1 Å². The van der Waals surface area contributed by atoms with Crippen molar-refractivity contribution in [2.24, 2.45) is 0 Å². The van der Waals surface area contributed by atoms with Crippen LogP contribution < -0.4 is 4.74 Å². The fraction of sp³-hybridized carbons (Fsp3) is 0.238. The average Bonchev–Trinajstić information content (AvgIpc) is 3.21. The molecule has 2 heterocycles. The van der Waals surface area contributed by atoms with Gasteiger partial charge in [-0.05, 0) is 31.2 Å². The second kappa shape index (κ2) is 9.50. The van der Waals surface area contributed by atoms with Crippen molar-refractivity contribution in [3.05, 3.63) is 72.2 Å². The van der Waals surface area contributed by atoms with Crippen LogP contribution in [-0.4, -0.2) is 51.8 Å². The largest absolute Gasteiger partial charge is 0.477 e. The normalized spacial score (nSPS) is 10.4. The third kappa shape index (κ3) is 5.19. The highest BCUT2D eigenvalue weighted by molar-refractivity contribution is 5.93. The van der Waals surface area contributed by atoms with Crippen molar-refractivity contribution in [3.63, 3.8) is 0 Å². The molecule has 0 fully saturated rings. The Bertz CT molecular complexity index is 972. The molecule has 0 aliphatic carbocycles. The quantitative estimate of drug-likeness (QED) is 0.546. The van der Waals surface area contributed by atoms with E-state index in [0.29, 0.717) is 13.2 Å². The lowest BCUT2D eigenvalue weighted by Gasteiger charge is -2.16. The van der Waals surface area contributed by atoms with Crippen molar-refractivity contribution < 1.29 is 19.1 Å². The number of esters is 1. The van der Waals surface area contributed by atoms with E-state index in [2.05, 4.69) is 10.1 Å². The number of hydrogen-bond donors (Lipinski definition) is 0. The van der Waals surface area contributed by atoms with Gasteiger partial charge in [-0.2, -0.15) is 5.10 Å². The van der Waals surface area contributed by atoms with Gasteiger partial charge in [0.25, 0.3) is 5.91 Å². The van der Waals surface area contributed by atoms with E-state index in [0.717, 1.165) is 11.3 Å². The molecule has 3 aromatic rings. The molecule has 0 aliphatic rings. The number of likely N-dealkylation sites (N-methyl/N-ethyl adjacent to an activating group) is 1. The molecule has 150 valence electrons. The number of benzene rings is 1.